The van der Waals surface area contributed by atoms with Gasteiger partial charge in [0.2, 0.25) is 0 Å². The van der Waals surface area contributed by atoms with Gasteiger partial charge in [0, 0.05) is 17.6 Å². The number of thiophene rings is 1. The molecule has 0 bridgehead atoms. The Kier molecular flexibility index (Phi) is 4.81. The van der Waals surface area contributed by atoms with Gasteiger partial charge in [-0.2, -0.15) is 0 Å². The molecule has 3 nitrogen and oxygen atoms in total. The van der Waals surface area contributed by atoms with Crippen molar-refractivity contribution in [3.63, 3.8) is 0 Å². The number of carboxylic acids is 1. The van der Waals surface area contributed by atoms with Crippen molar-refractivity contribution in [2.45, 2.75) is 19.5 Å². The Hall–Kier alpha value is -1.36. The molecule has 0 amide bonds. The largest absolute Gasteiger partial charge is 0.477 e. The molecule has 5 heteroatoms. The third kappa shape index (κ3) is 3.39. The summed E-state index contributed by atoms with van der Waals surface area (Å²) >= 11 is 7.27. The number of hydrogen-bond donors (Lipinski definition) is 1. The number of halogens is 1. The second kappa shape index (κ2) is 6.39. The standard InChI is InChI=1S/C15H16ClNO2S/c1-10(11-4-3-5-13(16)8-11)17(2)9-12-6-7-20-14(12)15(18)19/h3-8,10H,9H2,1-2H3,(H,18,19). The first kappa shape index (κ1) is 15.0. The Labute approximate surface area is 127 Å². The molecule has 0 radical (unpaired) electrons. The average molecular weight is 310 g/mol. The van der Waals surface area contributed by atoms with Crippen LogP contribution in [0.15, 0.2) is 35.7 Å². The summed E-state index contributed by atoms with van der Waals surface area (Å²) in [6, 6.07) is 9.77. The van der Waals surface area contributed by atoms with Crippen molar-refractivity contribution < 1.29 is 9.90 Å². The lowest BCUT2D eigenvalue weighted by molar-refractivity contribution is 0.0700. The number of hydrogen-bond acceptors (Lipinski definition) is 3. The van der Waals surface area contributed by atoms with Gasteiger partial charge in [0.25, 0.3) is 0 Å². The Bertz CT molecular complexity index is 611. The predicted molar refractivity (Wildman–Crippen MR) is 82.6 cm³/mol. The van der Waals surface area contributed by atoms with Gasteiger partial charge in [-0.05, 0) is 48.7 Å². The normalized spacial score (nSPS) is 12.6. The summed E-state index contributed by atoms with van der Waals surface area (Å²) in [6.45, 7) is 2.68. The lowest BCUT2D eigenvalue weighted by Gasteiger charge is -2.25. The van der Waals surface area contributed by atoms with Crippen molar-refractivity contribution in [3.05, 3.63) is 56.7 Å². The van der Waals surface area contributed by atoms with Crippen LogP contribution in [0.4, 0.5) is 0 Å². The fraction of sp³-hybridized carbons (Fsp3) is 0.267. The molecule has 106 valence electrons. The molecule has 1 heterocycles. The zero-order valence-corrected chi connectivity index (χ0v) is 12.9. The maximum atomic E-state index is 11.1. The van der Waals surface area contributed by atoms with Crippen LogP contribution in [0.2, 0.25) is 5.02 Å². The van der Waals surface area contributed by atoms with Crippen LogP contribution in [-0.2, 0) is 6.54 Å². The molecule has 1 unspecified atom stereocenters. The van der Waals surface area contributed by atoms with Crippen molar-refractivity contribution in [1.82, 2.24) is 4.90 Å². The van der Waals surface area contributed by atoms with E-state index in [9.17, 15) is 4.79 Å². The van der Waals surface area contributed by atoms with Crippen LogP contribution in [0.5, 0.6) is 0 Å². The van der Waals surface area contributed by atoms with Gasteiger partial charge in [-0.25, -0.2) is 4.79 Å². The van der Waals surface area contributed by atoms with Gasteiger partial charge in [0.1, 0.15) is 4.88 Å². The number of nitrogens with zero attached hydrogens (tertiary/aromatic N) is 1. The summed E-state index contributed by atoms with van der Waals surface area (Å²) in [6.07, 6.45) is 0. The van der Waals surface area contributed by atoms with Gasteiger partial charge in [-0.15, -0.1) is 11.3 Å². The van der Waals surface area contributed by atoms with Crippen LogP contribution in [0.1, 0.15) is 33.8 Å². The molecular formula is C15H16ClNO2S. The van der Waals surface area contributed by atoms with Gasteiger partial charge in [0.05, 0.1) is 0 Å². The summed E-state index contributed by atoms with van der Waals surface area (Å²) in [5.74, 6) is -0.862. The first-order valence-electron chi connectivity index (χ1n) is 6.24. The molecule has 0 aliphatic carbocycles. The highest BCUT2D eigenvalue weighted by Crippen LogP contribution is 2.25. The van der Waals surface area contributed by atoms with E-state index in [0.29, 0.717) is 16.4 Å². The number of rotatable bonds is 5. The Balaban J connectivity index is 2.13. The second-order valence-corrected chi connectivity index (χ2v) is 6.08. The zero-order valence-electron chi connectivity index (χ0n) is 11.3. The van der Waals surface area contributed by atoms with Gasteiger partial charge < -0.3 is 5.11 Å². The Morgan fingerprint density at radius 3 is 2.85 bits per heavy atom. The molecule has 0 aliphatic heterocycles. The van der Waals surface area contributed by atoms with Gasteiger partial charge in [-0.3, -0.25) is 4.90 Å². The molecule has 0 spiro atoms. The minimum atomic E-state index is -0.862. The maximum absolute atomic E-state index is 11.1. The molecule has 0 fully saturated rings. The lowest BCUT2D eigenvalue weighted by atomic mass is 10.1. The summed E-state index contributed by atoms with van der Waals surface area (Å²) in [5, 5.41) is 11.7. The van der Waals surface area contributed by atoms with Crippen molar-refractivity contribution in [3.8, 4) is 0 Å². The summed E-state index contributed by atoms with van der Waals surface area (Å²) < 4.78 is 0. The van der Waals surface area contributed by atoms with Crippen molar-refractivity contribution in [2.75, 3.05) is 7.05 Å². The minimum absolute atomic E-state index is 0.162. The van der Waals surface area contributed by atoms with E-state index in [0.717, 1.165) is 11.1 Å². The van der Waals surface area contributed by atoms with Crippen LogP contribution >= 0.6 is 22.9 Å². The molecule has 1 atom stereocenters. The predicted octanol–water partition coefficient (Wildman–Crippen LogP) is 4.29. The van der Waals surface area contributed by atoms with Crippen molar-refractivity contribution in [1.29, 1.82) is 0 Å². The third-order valence-electron chi connectivity index (χ3n) is 3.35. The summed E-state index contributed by atoms with van der Waals surface area (Å²) in [7, 11) is 1.98. The quantitative estimate of drug-likeness (QED) is 0.895. The first-order valence-corrected chi connectivity index (χ1v) is 7.50. The van der Waals surface area contributed by atoms with Crippen LogP contribution in [0, 0.1) is 0 Å². The molecule has 0 saturated carbocycles. The minimum Gasteiger partial charge on any atom is -0.477 e. The molecule has 20 heavy (non-hydrogen) atoms. The number of benzene rings is 1. The van der Waals surface area contributed by atoms with E-state index in [4.69, 9.17) is 16.7 Å². The highest BCUT2D eigenvalue weighted by molar-refractivity contribution is 7.12. The molecule has 1 aromatic carbocycles. The molecular weight excluding hydrogens is 294 g/mol. The summed E-state index contributed by atoms with van der Waals surface area (Å²) in [5.41, 5.74) is 1.96. The Morgan fingerprint density at radius 2 is 2.20 bits per heavy atom. The number of carboxylic acid groups (broad SMARTS) is 1. The van der Waals surface area contributed by atoms with Crippen molar-refractivity contribution >= 4 is 28.9 Å². The van der Waals surface area contributed by atoms with E-state index in [-0.39, 0.29) is 6.04 Å². The van der Waals surface area contributed by atoms with Crippen LogP contribution < -0.4 is 0 Å². The molecule has 0 aliphatic rings. The smallest absolute Gasteiger partial charge is 0.346 e. The second-order valence-electron chi connectivity index (χ2n) is 4.73. The van der Waals surface area contributed by atoms with E-state index in [1.165, 1.54) is 11.3 Å². The molecule has 1 aromatic heterocycles. The third-order valence-corrected chi connectivity index (χ3v) is 4.53. The van der Waals surface area contributed by atoms with Gasteiger partial charge in [0.15, 0.2) is 0 Å². The summed E-state index contributed by atoms with van der Waals surface area (Å²) in [4.78, 5) is 13.6. The molecule has 2 rings (SSSR count). The highest BCUT2D eigenvalue weighted by Gasteiger charge is 2.17. The van der Waals surface area contributed by atoms with Crippen LogP contribution in [-0.4, -0.2) is 23.0 Å². The van der Waals surface area contributed by atoms with Gasteiger partial charge >= 0.3 is 5.97 Å². The molecule has 2 aromatic rings. The fourth-order valence-corrected chi connectivity index (χ4v) is 3.03. The number of carbonyl (C=O) groups is 1. The van der Waals surface area contributed by atoms with Crippen LogP contribution in [0.25, 0.3) is 0 Å². The lowest BCUT2D eigenvalue weighted by Crippen LogP contribution is -2.22. The van der Waals surface area contributed by atoms with Crippen LogP contribution in [0.3, 0.4) is 0 Å². The first-order chi connectivity index (χ1) is 9.49. The SMILES string of the molecule is CC(c1cccc(Cl)c1)N(C)Cc1ccsc1C(=O)O. The van der Waals surface area contributed by atoms with E-state index in [1.54, 1.807) is 0 Å². The molecule has 0 saturated heterocycles. The zero-order chi connectivity index (χ0) is 14.7. The van der Waals surface area contributed by atoms with E-state index in [2.05, 4.69) is 11.8 Å². The Morgan fingerprint density at radius 1 is 1.45 bits per heavy atom. The monoisotopic (exact) mass is 309 g/mol. The van der Waals surface area contributed by atoms with Gasteiger partial charge in [-0.1, -0.05) is 23.7 Å². The average Bonchev–Trinajstić information content (AvgIpc) is 2.86. The molecule has 1 N–H and O–H groups in total. The van der Waals surface area contributed by atoms with E-state index < -0.39 is 5.97 Å². The topological polar surface area (TPSA) is 40.5 Å². The van der Waals surface area contributed by atoms with E-state index >= 15 is 0 Å². The van der Waals surface area contributed by atoms with Crippen molar-refractivity contribution in [2.24, 2.45) is 0 Å². The fourth-order valence-electron chi connectivity index (χ4n) is 2.07. The maximum Gasteiger partial charge on any atom is 0.346 e. The highest BCUT2D eigenvalue weighted by atomic mass is 35.5. The van der Waals surface area contributed by atoms with E-state index in [1.807, 2.05) is 42.8 Å². The number of aromatic carboxylic acids is 1.